The maximum atomic E-state index is 12.0. The zero-order chi connectivity index (χ0) is 13.7. The van der Waals surface area contributed by atoms with E-state index in [2.05, 4.69) is 29.2 Å². The molecular formula is C15H25Cl2N3O. The van der Waals surface area contributed by atoms with E-state index in [9.17, 15) is 4.79 Å². The molecular weight excluding hydrogens is 309 g/mol. The summed E-state index contributed by atoms with van der Waals surface area (Å²) in [5, 5.41) is 0. The predicted octanol–water partition coefficient (Wildman–Crippen LogP) is 1.77. The fraction of sp³-hybridized carbons (Fsp3) is 0.533. The molecule has 1 saturated heterocycles. The number of hydrogen-bond donors (Lipinski definition) is 1. The van der Waals surface area contributed by atoms with E-state index in [0.717, 1.165) is 32.7 Å². The number of nitrogens with two attached hydrogens (primary N) is 1. The van der Waals surface area contributed by atoms with Crippen molar-refractivity contribution >= 4 is 30.7 Å². The number of piperazine rings is 1. The Hall–Kier alpha value is -0.810. The summed E-state index contributed by atoms with van der Waals surface area (Å²) < 4.78 is 0. The van der Waals surface area contributed by atoms with Crippen LogP contribution in [0.2, 0.25) is 0 Å². The fourth-order valence-electron chi connectivity index (χ4n) is 2.38. The van der Waals surface area contributed by atoms with Gasteiger partial charge in [0.2, 0.25) is 5.91 Å². The van der Waals surface area contributed by atoms with Crippen LogP contribution in [0.1, 0.15) is 12.5 Å². The van der Waals surface area contributed by atoms with Gasteiger partial charge in [-0.05, 0) is 5.56 Å². The van der Waals surface area contributed by atoms with Gasteiger partial charge in [-0.1, -0.05) is 37.3 Å². The highest BCUT2D eigenvalue weighted by Gasteiger charge is 2.23. The summed E-state index contributed by atoms with van der Waals surface area (Å²) in [4.78, 5) is 16.4. The average Bonchev–Trinajstić information content (AvgIpc) is 2.47. The van der Waals surface area contributed by atoms with Gasteiger partial charge in [0, 0.05) is 45.2 Å². The zero-order valence-corrected chi connectivity index (χ0v) is 14.0. The van der Waals surface area contributed by atoms with Gasteiger partial charge in [-0.15, -0.1) is 24.8 Å². The van der Waals surface area contributed by atoms with Crippen molar-refractivity contribution in [3.8, 4) is 0 Å². The van der Waals surface area contributed by atoms with Crippen LogP contribution in [0, 0.1) is 5.92 Å². The van der Waals surface area contributed by atoms with Crippen LogP contribution in [-0.2, 0) is 11.3 Å². The quantitative estimate of drug-likeness (QED) is 0.913. The highest BCUT2D eigenvalue weighted by Crippen LogP contribution is 2.10. The topological polar surface area (TPSA) is 49.6 Å². The van der Waals surface area contributed by atoms with Crippen LogP contribution >= 0.6 is 24.8 Å². The second-order valence-corrected chi connectivity index (χ2v) is 5.22. The summed E-state index contributed by atoms with van der Waals surface area (Å²) in [5.74, 6) is 0.141. The van der Waals surface area contributed by atoms with Crippen LogP contribution in [0.15, 0.2) is 30.3 Å². The van der Waals surface area contributed by atoms with E-state index in [1.54, 1.807) is 0 Å². The van der Waals surface area contributed by atoms with Gasteiger partial charge < -0.3 is 10.6 Å². The molecule has 0 bridgehead atoms. The van der Waals surface area contributed by atoms with E-state index >= 15 is 0 Å². The van der Waals surface area contributed by atoms with Gasteiger partial charge in [-0.3, -0.25) is 9.69 Å². The lowest BCUT2D eigenvalue weighted by molar-refractivity contribution is -0.136. The van der Waals surface area contributed by atoms with E-state index in [-0.39, 0.29) is 36.6 Å². The third kappa shape index (κ3) is 5.83. The van der Waals surface area contributed by atoms with Crippen molar-refractivity contribution in [3.05, 3.63) is 35.9 Å². The molecule has 21 heavy (non-hydrogen) atoms. The van der Waals surface area contributed by atoms with Crippen LogP contribution in [0.4, 0.5) is 0 Å². The molecule has 2 N–H and O–H groups in total. The Morgan fingerprint density at radius 1 is 1.14 bits per heavy atom. The molecule has 120 valence electrons. The molecule has 1 heterocycles. The number of amides is 1. The molecule has 2 rings (SSSR count). The Balaban J connectivity index is 0.00000200. The minimum atomic E-state index is -0.0549. The van der Waals surface area contributed by atoms with Gasteiger partial charge in [-0.2, -0.15) is 0 Å². The first kappa shape index (κ1) is 20.2. The van der Waals surface area contributed by atoms with E-state index in [4.69, 9.17) is 5.73 Å². The number of nitrogens with zero attached hydrogens (tertiary/aromatic N) is 2. The smallest absolute Gasteiger partial charge is 0.226 e. The Morgan fingerprint density at radius 3 is 2.24 bits per heavy atom. The summed E-state index contributed by atoms with van der Waals surface area (Å²) in [5.41, 5.74) is 6.88. The monoisotopic (exact) mass is 333 g/mol. The Morgan fingerprint density at radius 2 is 1.71 bits per heavy atom. The zero-order valence-electron chi connectivity index (χ0n) is 12.4. The summed E-state index contributed by atoms with van der Waals surface area (Å²) >= 11 is 0. The molecule has 0 aromatic heterocycles. The van der Waals surface area contributed by atoms with Crippen molar-refractivity contribution in [2.75, 3.05) is 32.7 Å². The van der Waals surface area contributed by atoms with Gasteiger partial charge in [-0.25, -0.2) is 0 Å². The van der Waals surface area contributed by atoms with Crippen molar-refractivity contribution in [2.45, 2.75) is 13.5 Å². The lowest BCUT2D eigenvalue weighted by Gasteiger charge is -2.35. The highest BCUT2D eigenvalue weighted by atomic mass is 35.5. The second-order valence-electron chi connectivity index (χ2n) is 5.22. The minimum absolute atomic E-state index is 0. The van der Waals surface area contributed by atoms with Gasteiger partial charge in [0.25, 0.3) is 0 Å². The average molecular weight is 334 g/mol. The predicted molar refractivity (Wildman–Crippen MR) is 91.0 cm³/mol. The third-order valence-electron chi connectivity index (χ3n) is 3.71. The molecule has 1 aromatic carbocycles. The van der Waals surface area contributed by atoms with Crippen LogP contribution in [0.25, 0.3) is 0 Å². The van der Waals surface area contributed by atoms with Crippen molar-refractivity contribution in [2.24, 2.45) is 11.7 Å². The van der Waals surface area contributed by atoms with E-state index < -0.39 is 0 Å². The Bertz CT molecular complexity index is 409. The number of hydrogen-bond acceptors (Lipinski definition) is 3. The summed E-state index contributed by atoms with van der Waals surface area (Å²) in [6, 6.07) is 10.5. The molecule has 6 heteroatoms. The largest absolute Gasteiger partial charge is 0.340 e. The van der Waals surface area contributed by atoms with Gasteiger partial charge >= 0.3 is 0 Å². The second kappa shape index (κ2) is 10.0. The van der Waals surface area contributed by atoms with E-state index in [1.807, 2.05) is 17.9 Å². The molecule has 1 aliphatic heterocycles. The molecule has 0 spiro atoms. The Kier molecular flexibility index (Phi) is 9.62. The van der Waals surface area contributed by atoms with Crippen molar-refractivity contribution in [3.63, 3.8) is 0 Å². The normalized spacial score (nSPS) is 16.6. The van der Waals surface area contributed by atoms with Gasteiger partial charge in [0.05, 0.1) is 0 Å². The molecule has 0 radical (unpaired) electrons. The number of carbonyl (C=O) groups excluding carboxylic acids is 1. The maximum absolute atomic E-state index is 12.0. The van der Waals surface area contributed by atoms with E-state index in [1.165, 1.54) is 5.56 Å². The number of rotatable bonds is 4. The molecule has 0 aliphatic carbocycles. The molecule has 1 unspecified atom stereocenters. The van der Waals surface area contributed by atoms with Gasteiger partial charge in [0.15, 0.2) is 0 Å². The standard InChI is InChI=1S/C15H23N3O.2ClH/c1-13(11-16)15(19)18-9-7-17(8-10-18)12-14-5-3-2-4-6-14;;/h2-6,13H,7-12,16H2,1H3;2*1H. The van der Waals surface area contributed by atoms with Crippen LogP contribution in [0.5, 0.6) is 0 Å². The lowest BCUT2D eigenvalue weighted by Crippen LogP contribution is -2.50. The number of halogens is 2. The van der Waals surface area contributed by atoms with Crippen LogP contribution in [0.3, 0.4) is 0 Å². The first-order valence-electron chi connectivity index (χ1n) is 6.96. The molecule has 4 nitrogen and oxygen atoms in total. The fourth-order valence-corrected chi connectivity index (χ4v) is 2.38. The lowest BCUT2D eigenvalue weighted by atomic mass is 10.1. The summed E-state index contributed by atoms with van der Waals surface area (Å²) in [7, 11) is 0. The molecule has 1 fully saturated rings. The molecule has 1 aromatic rings. The van der Waals surface area contributed by atoms with Gasteiger partial charge in [0.1, 0.15) is 0 Å². The van der Waals surface area contributed by atoms with Crippen molar-refractivity contribution in [1.82, 2.24) is 9.80 Å². The summed E-state index contributed by atoms with van der Waals surface area (Å²) in [6.07, 6.45) is 0. The highest BCUT2D eigenvalue weighted by molar-refractivity contribution is 5.85. The van der Waals surface area contributed by atoms with Crippen LogP contribution < -0.4 is 5.73 Å². The first-order valence-corrected chi connectivity index (χ1v) is 6.96. The molecule has 1 amide bonds. The van der Waals surface area contributed by atoms with E-state index in [0.29, 0.717) is 6.54 Å². The Labute approximate surface area is 139 Å². The molecule has 1 aliphatic rings. The summed E-state index contributed by atoms with van der Waals surface area (Å²) in [6.45, 7) is 6.82. The molecule has 1 atom stereocenters. The number of carbonyl (C=O) groups is 1. The maximum Gasteiger partial charge on any atom is 0.226 e. The number of benzene rings is 1. The minimum Gasteiger partial charge on any atom is -0.340 e. The SMILES string of the molecule is CC(CN)C(=O)N1CCN(Cc2ccccc2)CC1.Cl.Cl. The first-order chi connectivity index (χ1) is 9.20. The third-order valence-corrected chi connectivity index (χ3v) is 3.71. The molecule has 0 saturated carbocycles. The van der Waals surface area contributed by atoms with Crippen molar-refractivity contribution in [1.29, 1.82) is 0 Å². The van der Waals surface area contributed by atoms with Crippen molar-refractivity contribution < 1.29 is 4.79 Å². The van der Waals surface area contributed by atoms with Crippen LogP contribution in [-0.4, -0.2) is 48.4 Å².